The molecule has 0 saturated carbocycles. The monoisotopic (exact) mass is 413 g/mol. The van der Waals surface area contributed by atoms with Gasteiger partial charge in [0.2, 0.25) is 5.16 Å². The van der Waals surface area contributed by atoms with Crippen molar-refractivity contribution in [1.82, 2.24) is 19.7 Å². The van der Waals surface area contributed by atoms with Gasteiger partial charge >= 0.3 is 5.97 Å². The van der Waals surface area contributed by atoms with Crippen LogP contribution in [0.5, 0.6) is 0 Å². The number of para-hydroxylation sites is 1. The number of carbonyl (C=O) groups excluding carboxylic acids is 2. The lowest BCUT2D eigenvalue weighted by atomic mass is 10.1. The molecule has 8 nitrogen and oxygen atoms in total. The van der Waals surface area contributed by atoms with Gasteiger partial charge < -0.3 is 19.2 Å². The molecule has 29 heavy (non-hydrogen) atoms. The summed E-state index contributed by atoms with van der Waals surface area (Å²) in [6.45, 7) is 4.11. The average molecular weight is 413 g/mol. The molecule has 0 radical (unpaired) electrons. The highest BCUT2D eigenvalue weighted by Crippen LogP contribution is 2.29. The number of hydrogen-bond acceptors (Lipinski definition) is 7. The fourth-order valence-corrected chi connectivity index (χ4v) is 3.62. The lowest BCUT2D eigenvalue weighted by molar-refractivity contribution is -0.298. The zero-order valence-corrected chi connectivity index (χ0v) is 17.0. The summed E-state index contributed by atoms with van der Waals surface area (Å²) in [5.41, 5.74) is 1.46. The maximum atomic E-state index is 11.9. The van der Waals surface area contributed by atoms with E-state index in [1.54, 1.807) is 17.7 Å². The Morgan fingerprint density at radius 1 is 1.31 bits per heavy atom. The van der Waals surface area contributed by atoms with Crippen LogP contribution in [-0.2, 0) is 27.3 Å². The predicted octanol–water partition coefficient (Wildman–Crippen LogP) is 2.16. The molecule has 3 rings (SSSR count). The van der Waals surface area contributed by atoms with Gasteiger partial charge in [-0.3, -0.25) is 9.89 Å². The molecule has 0 aliphatic heterocycles. The number of thioether (sulfide) groups is 1. The summed E-state index contributed by atoms with van der Waals surface area (Å²) in [6.07, 6.45) is 4.88. The van der Waals surface area contributed by atoms with E-state index in [1.807, 2.05) is 31.2 Å². The van der Waals surface area contributed by atoms with E-state index < -0.39 is 5.97 Å². The third kappa shape index (κ3) is 5.05. The van der Waals surface area contributed by atoms with Gasteiger partial charge in [0.15, 0.2) is 0 Å². The number of esters is 1. The Labute approximate surface area is 172 Å². The number of aryl methyl sites for hydroxylation is 1. The van der Waals surface area contributed by atoms with Crippen molar-refractivity contribution in [1.29, 1.82) is 0 Å². The number of rotatable bonds is 9. The minimum Gasteiger partial charge on any atom is -0.544 e. The molecule has 0 saturated heterocycles. The SMILES string of the molecule is CCCc1nc(S/C(=C\c2cn(CC(=O)OCC)c3ccccc23)C(=O)[O-])n[nH]1. The Morgan fingerprint density at radius 3 is 2.83 bits per heavy atom. The molecule has 0 aliphatic rings. The molecule has 0 atom stereocenters. The van der Waals surface area contributed by atoms with Crippen molar-refractivity contribution < 1.29 is 19.4 Å². The minimum atomic E-state index is -1.32. The zero-order chi connectivity index (χ0) is 20.8. The molecule has 0 spiro atoms. The van der Waals surface area contributed by atoms with E-state index in [-0.39, 0.29) is 17.4 Å². The van der Waals surface area contributed by atoms with E-state index in [9.17, 15) is 14.7 Å². The molecular weight excluding hydrogens is 392 g/mol. The van der Waals surface area contributed by atoms with Gasteiger partial charge in [-0.15, -0.1) is 5.10 Å². The van der Waals surface area contributed by atoms with Crippen LogP contribution in [0.25, 0.3) is 17.0 Å². The van der Waals surface area contributed by atoms with Crippen molar-refractivity contribution in [2.75, 3.05) is 6.61 Å². The third-order valence-electron chi connectivity index (χ3n) is 4.11. The van der Waals surface area contributed by atoms with Crippen molar-refractivity contribution in [3.8, 4) is 0 Å². The summed E-state index contributed by atoms with van der Waals surface area (Å²) in [4.78, 5) is 27.9. The van der Waals surface area contributed by atoms with Gasteiger partial charge in [-0.2, -0.15) is 0 Å². The number of hydrogen-bond donors (Lipinski definition) is 1. The second-order valence-corrected chi connectivity index (χ2v) is 7.26. The molecule has 0 amide bonds. The van der Waals surface area contributed by atoms with E-state index in [2.05, 4.69) is 15.2 Å². The number of nitrogens with zero attached hydrogens (tertiary/aromatic N) is 3. The molecule has 0 fully saturated rings. The Balaban J connectivity index is 1.94. The van der Waals surface area contributed by atoms with Crippen LogP contribution in [0.2, 0.25) is 0 Å². The topological polar surface area (TPSA) is 113 Å². The van der Waals surface area contributed by atoms with Gasteiger partial charge in [0.25, 0.3) is 0 Å². The van der Waals surface area contributed by atoms with E-state index in [0.29, 0.717) is 23.2 Å². The first-order valence-corrected chi connectivity index (χ1v) is 10.1. The van der Waals surface area contributed by atoms with Crippen LogP contribution < -0.4 is 5.11 Å². The van der Waals surface area contributed by atoms with Crippen LogP contribution in [0.3, 0.4) is 0 Å². The second-order valence-electron chi connectivity index (χ2n) is 6.25. The quantitative estimate of drug-likeness (QED) is 0.325. The van der Waals surface area contributed by atoms with Crippen molar-refractivity contribution in [2.45, 2.75) is 38.4 Å². The van der Waals surface area contributed by atoms with Crippen molar-refractivity contribution in [3.63, 3.8) is 0 Å². The number of ether oxygens (including phenoxy) is 1. The van der Waals surface area contributed by atoms with E-state index in [1.165, 1.54) is 6.08 Å². The molecule has 152 valence electrons. The molecule has 0 aliphatic carbocycles. The summed E-state index contributed by atoms with van der Waals surface area (Å²) >= 11 is 0.923. The van der Waals surface area contributed by atoms with E-state index in [0.717, 1.165) is 35.5 Å². The lowest BCUT2D eigenvalue weighted by Gasteiger charge is -2.05. The molecule has 1 N–H and O–H groups in total. The fourth-order valence-electron chi connectivity index (χ4n) is 2.91. The Hall–Kier alpha value is -3.07. The summed E-state index contributed by atoms with van der Waals surface area (Å²) in [5, 5.41) is 19.7. The van der Waals surface area contributed by atoms with Crippen molar-refractivity contribution in [2.24, 2.45) is 0 Å². The molecule has 1 aromatic carbocycles. The van der Waals surface area contributed by atoms with Gasteiger partial charge in [0.05, 0.1) is 12.6 Å². The number of aromatic nitrogens is 4. The summed E-state index contributed by atoms with van der Waals surface area (Å²) < 4.78 is 6.76. The summed E-state index contributed by atoms with van der Waals surface area (Å²) in [7, 11) is 0. The van der Waals surface area contributed by atoms with Crippen LogP contribution >= 0.6 is 11.8 Å². The standard InChI is InChI=1S/C20H22N4O4S/c1-3-7-17-21-20(23-22-17)29-16(19(26)27)10-13-11-24(12-18(25)28-4-2)15-9-6-5-8-14(13)15/h5-6,8-11H,3-4,7,12H2,1-2H3,(H,26,27)(H,21,22,23)/p-1/b16-10-. The number of aliphatic carboxylic acids is 1. The van der Waals surface area contributed by atoms with Crippen LogP contribution in [0.4, 0.5) is 0 Å². The molecule has 0 unspecified atom stereocenters. The Morgan fingerprint density at radius 2 is 2.10 bits per heavy atom. The van der Waals surface area contributed by atoms with Crippen LogP contribution in [0.15, 0.2) is 40.5 Å². The predicted molar refractivity (Wildman–Crippen MR) is 108 cm³/mol. The number of benzene rings is 1. The van der Waals surface area contributed by atoms with Gasteiger partial charge in [0.1, 0.15) is 12.4 Å². The van der Waals surface area contributed by atoms with Crippen LogP contribution in [0.1, 0.15) is 31.7 Å². The smallest absolute Gasteiger partial charge is 0.325 e. The molecule has 0 bridgehead atoms. The van der Waals surface area contributed by atoms with Crippen molar-refractivity contribution in [3.05, 3.63) is 46.8 Å². The number of H-pyrrole nitrogens is 1. The lowest BCUT2D eigenvalue weighted by Crippen LogP contribution is -2.23. The minimum absolute atomic E-state index is 0.0221. The highest BCUT2D eigenvalue weighted by Gasteiger charge is 2.13. The largest absolute Gasteiger partial charge is 0.544 e. The zero-order valence-electron chi connectivity index (χ0n) is 16.2. The normalized spacial score (nSPS) is 11.7. The first-order chi connectivity index (χ1) is 14.0. The maximum Gasteiger partial charge on any atom is 0.325 e. The number of nitrogens with one attached hydrogen (secondary N) is 1. The number of aromatic amines is 1. The van der Waals surface area contributed by atoms with E-state index >= 15 is 0 Å². The Bertz CT molecular complexity index is 1050. The van der Waals surface area contributed by atoms with Gasteiger partial charge in [-0.1, -0.05) is 25.1 Å². The molecular formula is C20H21N4O4S-. The molecule has 2 aromatic heterocycles. The highest BCUT2D eigenvalue weighted by molar-refractivity contribution is 8.04. The van der Waals surface area contributed by atoms with Gasteiger partial charge in [0, 0.05) is 34.0 Å². The van der Waals surface area contributed by atoms with Crippen molar-refractivity contribution >= 4 is 40.7 Å². The van der Waals surface area contributed by atoms with E-state index in [4.69, 9.17) is 4.74 Å². The van der Waals surface area contributed by atoms with Gasteiger partial charge in [-0.25, -0.2) is 4.98 Å². The fraction of sp³-hybridized carbons (Fsp3) is 0.300. The summed E-state index contributed by atoms with van der Waals surface area (Å²) in [6, 6.07) is 7.44. The number of carboxylic acid groups (broad SMARTS) is 1. The van der Waals surface area contributed by atoms with Crippen LogP contribution in [-0.4, -0.2) is 38.3 Å². The Kier molecular flexibility index (Phi) is 6.71. The summed E-state index contributed by atoms with van der Waals surface area (Å²) in [5.74, 6) is -0.972. The average Bonchev–Trinajstić information content (AvgIpc) is 3.27. The first kappa shape index (κ1) is 20.7. The molecule has 9 heteroatoms. The first-order valence-electron chi connectivity index (χ1n) is 9.27. The number of carboxylic acids is 1. The molecule has 3 aromatic rings. The second kappa shape index (κ2) is 9.42. The van der Waals surface area contributed by atoms with Crippen LogP contribution in [0, 0.1) is 0 Å². The third-order valence-corrected chi connectivity index (χ3v) is 4.98. The number of carbonyl (C=O) groups is 2. The maximum absolute atomic E-state index is 11.9. The van der Waals surface area contributed by atoms with Gasteiger partial charge in [-0.05, 0) is 37.2 Å². The highest BCUT2D eigenvalue weighted by atomic mass is 32.2. The number of fused-ring (bicyclic) bond motifs is 1. The molecule has 2 heterocycles.